The van der Waals surface area contributed by atoms with E-state index in [9.17, 15) is 9.59 Å². The summed E-state index contributed by atoms with van der Waals surface area (Å²) in [5, 5.41) is 1.12. The molecule has 0 spiro atoms. The van der Waals surface area contributed by atoms with E-state index in [2.05, 4.69) is 35.9 Å². The van der Waals surface area contributed by atoms with Crippen LogP contribution >= 0.6 is 0 Å². The van der Waals surface area contributed by atoms with Crippen LogP contribution in [0.3, 0.4) is 0 Å². The summed E-state index contributed by atoms with van der Waals surface area (Å²) in [7, 11) is 0. The predicted octanol–water partition coefficient (Wildman–Crippen LogP) is 3.98. The molecule has 5 rings (SSSR count). The fourth-order valence-corrected chi connectivity index (χ4v) is 5.86. The molecule has 36 heavy (non-hydrogen) atoms. The molecule has 2 aromatic carbocycles. The number of carbonyl (C=O) groups is 2. The van der Waals surface area contributed by atoms with Crippen LogP contribution < -0.4 is 4.74 Å². The minimum Gasteiger partial charge on any atom is -0.494 e. The largest absolute Gasteiger partial charge is 0.494 e. The fourth-order valence-electron chi connectivity index (χ4n) is 5.86. The molecule has 190 valence electrons. The number of rotatable bonds is 9. The van der Waals surface area contributed by atoms with Gasteiger partial charge in [0.2, 0.25) is 11.8 Å². The Hall–Kier alpha value is -3.32. The summed E-state index contributed by atoms with van der Waals surface area (Å²) in [6.07, 6.45) is 1.38. The Morgan fingerprint density at radius 3 is 2.56 bits per heavy atom. The van der Waals surface area contributed by atoms with E-state index in [1.165, 1.54) is 0 Å². The van der Waals surface area contributed by atoms with Crippen molar-refractivity contribution in [2.75, 3.05) is 39.3 Å². The summed E-state index contributed by atoms with van der Waals surface area (Å²) in [6, 6.07) is 15.1. The van der Waals surface area contributed by atoms with Crippen molar-refractivity contribution in [1.29, 1.82) is 0 Å². The van der Waals surface area contributed by atoms with Gasteiger partial charge < -0.3 is 24.4 Å². The van der Waals surface area contributed by atoms with Crippen molar-refractivity contribution in [2.24, 2.45) is 0 Å². The highest BCUT2D eigenvalue weighted by Gasteiger charge is 2.48. The van der Waals surface area contributed by atoms with Crippen molar-refractivity contribution in [3.05, 3.63) is 65.4 Å². The molecule has 0 radical (unpaired) electrons. The van der Waals surface area contributed by atoms with Crippen LogP contribution in [-0.4, -0.2) is 76.9 Å². The lowest BCUT2D eigenvalue weighted by Crippen LogP contribution is -2.63. The molecule has 1 N–H and O–H groups in total. The van der Waals surface area contributed by atoms with Gasteiger partial charge in [0.25, 0.3) is 0 Å². The highest BCUT2D eigenvalue weighted by Crippen LogP contribution is 2.44. The zero-order valence-electron chi connectivity index (χ0n) is 21.5. The normalized spacial score (nSPS) is 19.7. The first kappa shape index (κ1) is 24.4. The van der Waals surface area contributed by atoms with Crippen molar-refractivity contribution in [3.8, 4) is 5.75 Å². The molecule has 3 heterocycles. The van der Waals surface area contributed by atoms with E-state index in [-0.39, 0.29) is 18.4 Å². The van der Waals surface area contributed by atoms with Gasteiger partial charge in [-0.05, 0) is 50.7 Å². The molecule has 1 aromatic heterocycles. The van der Waals surface area contributed by atoms with Crippen molar-refractivity contribution in [3.63, 3.8) is 0 Å². The smallest absolute Gasteiger partial charge is 0.246 e. The number of hydrogen-bond donors (Lipinski definition) is 1. The monoisotopic (exact) mass is 488 g/mol. The summed E-state index contributed by atoms with van der Waals surface area (Å²) in [6.45, 7) is 10.4. The molecular weight excluding hydrogens is 452 g/mol. The number of para-hydroxylation sites is 2. The molecule has 2 aliphatic heterocycles. The van der Waals surface area contributed by atoms with Gasteiger partial charge in [-0.25, -0.2) is 0 Å². The molecule has 2 atom stereocenters. The maximum absolute atomic E-state index is 13.9. The molecule has 1 fully saturated rings. The molecule has 7 nitrogen and oxygen atoms in total. The third-order valence-electron chi connectivity index (χ3n) is 7.65. The number of nitrogens with one attached hydrogen (secondary N) is 1. The van der Waals surface area contributed by atoms with Crippen LogP contribution in [0.2, 0.25) is 0 Å². The fraction of sp³-hybridized carbons (Fsp3) is 0.448. The zero-order chi connectivity index (χ0) is 25.2. The van der Waals surface area contributed by atoms with Crippen LogP contribution in [0.25, 0.3) is 10.9 Å². The topological polar surface area (TPSA) is 68.9 Å². The Balaban J connectivity index is 1.54. The van der Waals surface area contributed by atoms with Crippen molar-refractivity contribution >= 4 is 22.7 Å². The van der Waals surface area contributed by atoms with Crippen LogP contribution in [0, 0.1) is 0 Å². The summed E-state index contributed by atoms with van der Waals surface area (Å²) >= 11 is 0. The van der Waals surface area contributed by atoms with Crippen LogP contribution in [0.15, 0.2) is 48.5 Å². The second-order valence-electron chi connectivity index (χ2n) is 9.60. The number of aromatic amines is 1. The standard InChI is InChI=1S/C29H36N4O3/c1-4-31(5-2)16-11-17-32-19-26(34)33-24(29(32)35)18-22-20-12-7-9-14-23(20)30-27(22)28(33)21-13-8-10-15-25(21)36-6-3/h7-10,12-15,24,28,30H,4-6,11,16-19H2,1-3H3. The highest BCUT2D eigenvalue weighted by molar-refractivity contribution is 5.97. The average Bonchev–Trinajstić information content (AvgIpc) is 3.27. The number of amides is 2. The Kier molecular flexibility index (Phi) is 7.01. The third kappa shape index (κ3) is 4.26. The van der Waals surface area contributed by atoms with Gasteiger partial charge in [0.05, 0.1) is 13.2 Å². The number of carbonyl (C=O) groups excluding carboxylic acids is 2. The van der Waals surface area contributed by atoms with Crippen LogP contribution in [-0.2, 0) is 16.0 Å². The first-order valence-electron chi connectivity index (χ1n) is 13.2. The molecule has 2 unspecified atom stereocenters. The number of ether oxygens (including phenoxy) is 1. The molecule has 2 aliphatic rings. The van der Waals surface area contributed by atoms with Crippen molar-refractivity contribution in [2.45, 2.75) is 45.7 Å². The second kappa shape index (κ2) is 10.3. The van der Waals surface area contributed by atoms with Crippen molar-refractivity contribution in [1.82, 2.24) is 19.7 Å². The number of H-pyrrole nitrogens is 1. The highest BCUT2D eigenvalue weighted by atomic mass is 16.5. The van der Waals surface area contributed by atoms with Gasteiger partial charge in [-0.3, -0.25) is 9.59 Å². The molecule has 2 amide bonds. The number of hydrogen-bond acceptors (Lipinski definition) is 4. The molecular formula is C29H36N4O3. The van der Waals surface area contributed by atoms with E-state index in [0.717, 1.165) is 59.5 Å². The van der Waals surface area contributed by atoms with Gasteiger partial charge in [0.1, 0.15) is 17.8 Å². The Morgan fingerprint density at radius 2 is 1.78 bits per heavy atom. The van der Waals surface area contributed by atoms with Crippen molar-refractivity contribution < 1.29 is 14.3 Å². The zero-order valence-corrected chi connectivity index (χ0v) is 21.5. The molecule has 1 saturated heterocycles. The van der Waals surface area contributed by atoms with E-state index in [0.29, 0.717) is 19.6 Å². The number of nitrogens with zero attached hydrogens (tertiary/aromatic N) is 3. The van der Waals surface area contributed by atoms with Gasteiger partial charge >= 0.3 is 0 Å². The molecule has 0 saturated carbocycles. The molecule has 7 heteroatoms. The summed E-state index contributed by atoms with van der Waals surface area (Å²) in [5.74, 6) is 0.782. The van der Waals surface area contributed by atoms with Gasteiger partial charge in [-0.1, -0.05) is 50.2 Å². The lowest BCUT2D eigenvalue weighted by atomic mass is 9.86. The lowest BCUT2D eigenvalue weighted by molar-refractivity contribution is -0.158. The van der Waals surface area contributed by atoms with Gasteiger partial charge in [0, 0.05) is 35.1 Å². The molecule has 0 aliphatic carbocycles. The lowest BCUT2D eigenvalue weighted by Gasteiger charge is -2.47. The number of benzene rings is 2. The maximum Gasteiger partial charge on any atom is 0.246 e. The van der Waals surface area contributed by atoms with Gasteiger partial charge in [-0.15, -0.1) is 0 Å². The van der Waals surface area contributed by atoms with E-state index in [1.807, 2.05) is 48.2 Å². The van der Waals surface area contributed by atoms with Gasteiger partial charge in [-0.2, -0.15) is 0 Å². The predicted molar refractivity (Wildman–Crippen MR) is 141 cm³/mol. The quantitative estimate of drug-likeness (QED) is 0.495. The minimum atomic E-state index is -0.522. The van der Waals surface area contributed by atoms with Crippen LogP contribution in [0.4, 0.5) is 0 Å². The maximum atomic E-state index is 13.9. The molecule has 0 bridgehead atoms. The minimum absolute atomic E-state index is 0.0111. The van der Waals surface area contributed by atoms with Crippen LogP contribution in [0.5, 0.6) is 5.75 Å². The number of aromatic nitrogens is 1. The SMILES string of the molecule is CCOc1ccccc1C1c2[nH]c3ccccc3c2CC2C(=O)N(CCCN(CC)CC)CC(=O)N21. The van der Waals surface area contributed by atoms with E-state index < -0.39 is 12.1 Å². The summed E-state index contributed by atoms with van der Waals surface area (Å²) in [5.41, 5.74) is 4.04. The van der Waals surface area contributed by atoms with Gasteiger partial charge in [0.15, 0.2) is 0 Å². The Bertz CT molecular complexity index is 1250. The first-order chi connectivity index (χ1) is 17.6. The van der Waals surface area contributed by atoms with Crippen LogP contribution in [0.1, 0.15) is 50.1 Å². The summed E-state index contributed by atoms with van der Waals surface area (Å²) in [4.78, 5) is 37.1. The average molecular weight is 489 g/mol. The van der Waals surface area contributed by atoms with E-state index in [1.54, 1.807) is 4.90 Å². The number of fused-ring (bicyclic) bond motifs is 4. The van der Waals surface area contributed by atoms with E-state index >= 15 is 0 Å². The molecule has 3 aromatic rings. The number of piperazine rings is 1. The second-order valence-corrected chi connectivity index (χ2v) is 9.60. The first-order valence-corrected chi connectivity index (χ1v) is 13.2. The third-order valence-corrected chi connectivity index (χ3v) is 7.65. The summed E-state index contributed by atoms with van der Waals surface area (Å²) < 4.78 is 5.99. The Morgan fingerprint density at radius 1 is 1.03 bits per heavy atom. The Labute approximate surface area is 213 Å². The van der Waals surface area contributed by atoms with E-state index in [4.69, 9.17) is 4.74 Å².